The number of nitrogens with zero attached hydrogens (tertiary/aromatic N) is 3. The second-order valence-corrected chi connectivity index (χ2v) is 6.66. The Morgan fingerprint density at radius 2 is 2.12 bits per heavy atom. The number of nitrogens with one attached hydrogen (secondary N) is 2. The van der Waals surface area contributed by atoms with Gasteiger partial charge in [0.25, 0.3) is 0 Å². The molecular formula is C18H21N5O. The zero-order valence-corrected chi connectivity index (χ0v) is 13.7. The molecule has 24 heavy (non-hydrogen) atoms. The van der Waals surface area contributed by atoms with Crippen molar-refractivity contribution in [2.45, 2.75) is 38.6 Å². The van der Waals surface area contributed by atoms with Gasteiger partial charge in [-0.15, -0.1) is 0 Å². The van der Waals surface area contributed by atoms with E-state index in [9.17, 15) is 5.11 Å². The maximum absolute atomic E-state index is 10.1. The quantitative estimate of drug-likeness (QED) is 0.803. The predicted octanol–water partition coefficient (Wildman–Crippen LogP) is 3.76. The summed E-state index contributed by atoms with van der Waals surface area (Å²) in [5.41, 5.74) is 2.46. The van der Waals surface area contributed by atoms with Gasteiger partial charge in [-0.2, -0.15) is 4.98 Å². The van der Waals surface area contributed by atoms with Gasteiger partial charge in [0, 0.05) is 29.6 Å². The van der Waals surface area contributed by atoms with Gasteiger partial charge in [-0.3, -0.25) is 0 Å². The minimum Gasteiger partial charge on any atom is -0.492 e. The van der Waals surface area contributed by atoms with Gasteiger partial charge in [-0.1, -0.05) is 6.92 Å². The van der Waals surface area contributed by atoms with Gasteiger partial charge in [-0.25, -0.2) is 9.98 Å². The number of allylic oxidation sites excluding steroid dienone is 1. The van der Waals surface area contributed by atoms with Crippen LogP contribution in [0.15, 0.2) is 23.3 Å². The van der Waals surface area contributed by atoms with Crippen molar-refractivity contribution >= 4 is 29.6 Å². The van der Waals surface area contributed by atoms with E-state index in [0.29, 0.717) is 23.5 Å². The second-order valence-electron chi connectivity index (χ2n) is 6.66. The summed E-state index contributed by atoms with van der Waals surface area (Å²) < 4.78 is 0. The summed E-state index contributed by atoms with van der Waals surface area (Å²) in [7, 11) is 0. The minimum absolute atomic E-state index is 0.0000761. The minimum atomic E-state index is -0.0000761. The molecule has 0 spiro atoms. The number of aliphatic imine (C=N–C) groups is 1. The summed E-state index contributed by atoms with van der Waals surface area (Å²) in [6.07, 6.45) is 10.1. The van der Waals surface area contributed by atoms with Crippen molar-refractivity contribution in [3.8, 4) is 5.88 Å². The van der Waals surface area contributed by atoms with Crippen molar-refractivity contribution in [2.24, 2.45) is 10.9 Å². The van der Waals surface area contributed by atoms with Gasteiger partial charge in [0.1, 0.15) is 5.69 Å². The van der Waals surface area contributed by atoms with Gasteiger partial charge < -0.3 is 15.4 Å². The first kappa shape index (κ1) is 14.9. The largest absolute Gasteiger partial charge is 0.492 e. The molecule has 0 radical (unpaired) electrons. The van der Waals surface area contributed by atoms with Crippen LogP contribution in [0.2, 0.25) is 0 Å². The van der Waals surface area contributed by atoms with E-state index in [-0.39, 0.29) is 5.88 Å². The molecule has 0 aromatic carbocycles. The van der Waals surface area contributed by atoms with E-state index in [0.717, 1.165) is 29.9 Å². The molecule has 1 fully saturated rings. The molecule has 6 heteroatoms. The summed E-state index contributed by atoms with van der Waals surface area (Å²) >= 11 is 0. The number of aromatic hydroxyl groups is 1. The van der Waals surface area contributed by atoms with Crippen LogP contribution in [0.3, 0.4) is 0 Å². The maximum Gasteiger partial charge on any atom is 0.238 e. The van der Waals surface area contributed by atoms with Crippen molar-refractivity contribution in [3.63, 3.8) is 0 Å². The third-order valence-corrected chi connectivity index (χ3v) is 4.79. The molecule has 0 amide bonds. The number of H-pyrrole nitrogens is 1. The highest BCUT2D eigenvalue weighted by Gasteiger charge is 2.20. The molecule has 4 rings (SSSR count). The predicted molar refractivity (Wildman–Crippen MR) is 95.6 cm³/mol. The highest BCUT2D eigenvalue weighted by molar-refractivity contribution is 6.20. The monoisotopic (exact) mass is 323 g/mol. The smallest absolute Gasteiger partial charge is 0.238 e. The molecule has 0 atom stereocenters. The number of anilines is 1. The average Bonchev–Trinajstić information content (AvgIpc) is 3.14. The van der Waals surface area contributed by atoms with Crippen LogP contribution < -0.4 is 5.32 Å². The first-order valence-corrected chi connectivity index (χ1v) is 8.45. The fraction of sp³-hybridized carbons (Fsp3) is 0.389. The zero-order valence-electron chi connectivity index (χ0n) is 13.7. The van der Waals surface area contributed by atoms with Crippen LogP contribution >= 0.6 is 0 Å². The number of rotatable bonds is 3. The second kappa shape index (κ2) is 6.11. The summed E-state index contributed by atoms with van der Waals surface area (Å²) in [6, 6.07) is 4.27. The molecule has 2 aromatic heterocycles. The highest BCUT2D eigenvalue weighted by Crippen LogP contribution is 2.32. The lowest BCUT2D eigenvalue weighted by atomic mass is 9.87. The number of fused-ring (bicyclic) bond motifs is 1. The van der Waals surface area contributed by atoms with Crippen molar-refractivity contribution < 1.29 is 5.11 Å². The number of hydrogen-bond acceptors (Lipinski definition) is 5. The molecule has 1 aliphatic heterocycles. The van der Waals surface area contributed by atoms with Gasteiger partial charge in [0.15, 0.2) is 5.82 Å². The zero-order chi connectivity index (χ0) is 16.5. The first-order valence-electron chi connectivity index (χ1n) is 8.45. The third-order valence-electron chi connectivity index (χ3n) is 4.79. The molecule has 0 unspecified atom stereocenters. The van der Waals surface area contributed by atoms with Crippen LogP contribution in [0.1, 0.15) is 43.9 Å². The Balaban J connectivity index is 1.52. The Bertz CT molecular complexity index is 799. The standard InChI is InChI=1S/C18H21N5O/c1-11-4-6-13(7-5-11)21-18-22-15(17(24)23-18)9-12-10-20-16-14(12)3-2-8-19-16/h2-3,8-11,13,24H,4-7H2,1H3,(H2,21,22,23). The molecule has 0 bridgehead atoms. The van der Waals surface area contributed by atoms with Gasteiger partial charge in [0.2, 0.25) is 11.8 Å². The topological polar surface area (TPSA) is 86.2 Å². The molecule has 1 saturated carbocycles. The summed E-state index contributed by atoms with van der Waals surface area (Å²) in [5.74, 6) is 2.14. The molecular weight excluding hydrogens is 302 g/mol. The van der Waals surface area contributed by atoms with Crippen molar-refractivity contribution in [1.29, 1.82) is 0 Å². The molecule has 2 aromatic rings. The summed E-state index contributed by atoms with van der Waals surface area (Å²) in [5, 5.41) is 13.5. The van der Waals surface area contributed by atoms with Crippen molar-refractivity contribution in [2.75, 3.05) is 5.32 Å². The van der Waals surface area contributed by atoms with Gasteiger partial charge >= 0.3 is 0 Å². The average molecular weight is 323 g/mol. The highest BCUT2D eigenvalue weighted by atomic mass is 16.3. The van der Waals surface area contributed by atoms with E-state index in [1.54, 1.807) is 12.4 Å². The lowest BCUT2D eigenvalue weighted by Crippen LogP contribution is -2.25. The molecule has 1 aliphatic carbocycles. The summed E-state index contributed by atoms with van der Waals surface area (Å²) in [6.45, 7) is 2.30. The van der Waals surface area contributed by atoms with Gasteiger partial charge in [-0.05, 0) is 49.8 Å². The Kier molecular flexibility index (Phi) is 3.80. The van der Waals surface area contributed by atoms with Crippen LogP contribution in [0, 0.1) is 5.92 Å². The number of aromatic amines is 1. The molecule has 2 aliphatic rings. The van der Waals surface area contributed by atoms with Crippen molar-refractivity contribution in [1.82, 2.24) is 15.0 Å². The van der Waals surface area contributed by atoms with Crippen LogP contribution in [0.5, 0.6) is 5.88 Å². The SMILES string of the molecule is CC1CCC(Nc2nc(O)c(C=C3C=Nc4ncccc43)[nH]2)CC1. The fourth-order valence-corrected chi connectivity index (χ4v) is 3.34. The Morgan fingerprint density at radius 3 is 2.96 bits per heavy atom. The first-order chi connectivity index (χ1) is 11.7. The van der Waals surface area contributed by atoms with E-state index < -0.39 is 0 Å². The number of imidazole rings is 1. The van der Waals surface area contributed by atoms with E-state index in [1.807, 2.05) is 18.2 Å². The van der Waals surface area contributed by atoms with E-state index in [1.165, 1.54) is 12.8 Å². The molecule has 124 valence electrons. The maximum atomic E-state index is 10.1. The lowest BCUT2D eigenvalue weighted by molar-refractivity contribution is 0.360. The van der Waals surface area contributed by atoms with E-state index >= 15 is 0 Å². The van der Waals surface area contributed by atoms with Crippen molar-refractivity contribution in [3.05, 3.63) is 29.6 Å². The molecule has 6 nitrogen and oxygen atoms in total. The van der Waals surface area contributed by atoms with Crippen LogP contribution in [-0.4, -0.2) is 32.3 Å². The number of pyridine rings is 1. The van der Waals surface area contributed by atoms with Gasteiger partial charge in [0.05, 0.1) is 0 Å². The number of aromatic nitrogens is 3. The molecule has 3 N–H and O–H groups in total. The van der Waals surface area contributed by atoms with Crippen LogP contribution in [-0.2, 0) is 0 Å². The van der Waals surface area contributed by atoms with E-state index in [4.69, 9.17) is 0 Å². The molecule has 3 heterocycles. The number of hydrogen-bond donors (Lipinski definition) is 3. The Labute approximate surface area is 140 Å². The Hall–Kier alpha value is -2.63. The lowest BCUT2D eigenvalue weighted by Gasteiger charge is -2.26. The van der Waals surface area contributed by atoms with Crippen LogP contribution in [0.25, 0.3) is 11.6 Å². The third kappa shape index (κ3) is 2.91. The normalized spacial score (nSPS) is 24.3. The summed E-state index contributed by atoms with van der Waals surface area (Å²) in [4.78, 5) is 15.9. The molecule has 0 saturated heterocycles. The Morgan fingerprint density at radius 1 is 1.29 bits per heavy atom. The van der Waals surface area contributed by atoms with E-state index in [2.05, 4.69) is 32.2 Å². The van der Waals surface area contributed by atoms with Crippen LogP contribution in [0.4, 0.5) is 11.8 Å². The fourth-order valence-electron chi connectivity index (χ4n) is 3.34.